The predicted molar refractivity (Wildman–Crippen MR) is 110 cm³/mol. The number of aryl methyl sites for hydroxylation is 1. The number of nitrogen functional groups attached to an aromatic ring is 1. The summed E-state index contributed by atoms with van der Waals surface area (Å²) in [5.41, 5.74) is 7.03. The van der Waals surface area contributed by atoms with Crippen LogP contribution in [0.3, 0.4) is 0 Å². The molecule has 0 bridgehead atoms. The van der Waals surface area contributed by atoms with Gasteiger partial charge in [-0.1, -0.05) is 23.8 Å². The van der Waals surface area contributed by atoms with E-state index in [1.807, 2.05) is 19.3 Å². The largest absolute Gasteiger partial charge is 0.475 e. The third kappa shape index (κ3) is 4.36. The van der Waals surface area contributed by atoms with Crippen molar-refractivity contribution in [3.8, 4) is 5.88 Å². The second-order valence-corrected chi connectivity index (χ2v) is 8.89. The molecule has 4 rings (SSSR count). The molecule has 8 nitrogen and oxygen atoms in total. The van der Waals surface area contributed by atoms with Gasteiger partial charge in [-0.15, -0.1) is 10.2 Å². The van der Waals surface area contributed by atoms with Crippen LogP contribution in [0, 0.1) is 36.4 Å². The molecule has 1 saturated carbocycles. The van der Waals surface area contributed by atoms with Gasteiger partial charge in [-0.25, -0.2) is 0 Å². The first-order chi connectivity index (χ1) is 13.9. The van der Waals surface area contributed by atoms with Crippen LogP contribution >= 0.6 is 11.3 Å². The third-order valence-electron chi connectivity index (χ3n) is 5.55. The number of aliphatic imine (C=N–C) groups is 1. The molecule has 4 atom stereocenters. The maximum Gasteiger partial charge on any atom is 0.257 e. The average molecular weight is 418 g/mol. The van der Waals surface area contributed by atoms with Crippen molar-refractivity contribution in [3.63, 3.8) is 0 Å². The van der Waals surface area contributed by atoms with Crippen molar-refractivity contribution >= 4 is 29.3 Å². The molecule has 2 aromatic heterocycles. The molecule has 0 aromatic carbocycles. The summed E-state index contributed by atoms with van der Waals surface area (Å²) < 4.78 is 20.5. The quantitative estimate of drug-likeness (QED) is 0.711. The Labute approximate surface area is 172 Å². The number of allylic oxidation sites excluding steroid dienone is 1. The maximum absolute atomic E-state index is 14.8. The molecule has 1 fully saturated rings. The number of halogens is 1. The normalized spacial score (nSPS) is 25.6. The summed E-state index contributed by atoms with van der Waals surface area (Å²) in [5.74, 6) is 0.911. The first-order valence-electron chi connectivity index (χ1n) is 9.61. The van der Waals surface area contributed by atoms with E-state index in [-0.39, 0.29) is 17.6 Å². The first-order valence-corrected chi connectivity index (χ1v) is 10.4. The van der Waals surface area contributed by atoms with Crippen molar-refractivity contribution in [2.75, 3.05) is 17.7 Å². The molecular weight excluding hydrogens is 393 g/mol. The van der Waals surface area contributed by atoms with Gasteiger partial charge in [0.25, 0.3) is 5.88 Å². The second-order valence-electron chi connectivity index (χ2n) is 7.63. The zero-order chi connectivity index (χ0) is 20.5. The Bertz CT molecular complexity index is 960. The van der Waals surface area contributed by atoms with Gasteiger partial charge in [0.2, 0.25) is 11.8 Å². The van der Waals surface area contributed by atoms with E-state index in [0.29, 0.717) is 36.8 Å². The number of anilines is 2. The number of ether oxygens (including phenoxy) is 1. The second kappa shape index (κ2) is 8.02. The molecule has 29 heavy (non-hydrogen) atoms. The van der Waals surface area contributed by atoms with E-state index in [1.165, 1.54) is 16.9 Å². The third-order valence-corrected chi connectivity index (χ3v) is 6.39. The molecule has 0 saturated heterocycles. The van der Waals surface area contributed by atoms with Crippen LogP contribution in [0.15, 0.2) is 16.8 Å². The zero-order valence-electron chi connectivity index (χ0n) is 16.6. The van der Waals surface area contributed by atoms with E-state index in [2.05, 4.69) is 44.3 Å². The van der Waals surface area contributed by atoms with Crippen LogP contribution < -0.4 is 15.8 Å². The fourth-order valence-corrected chi connectivity index (χ4v) is 4.28. The van der Waals surface area contributed by atoms with Crippen LogP contribution in [-0.2, 0) is 6.54 Å². The summed E-state index contributed by atoms with van der Waals surface area (Å²) >= 11 is 1.43. The molecular formula is C19H24FN7OS. The number of nitrogens with one attached hydrogen (secondary N) is 1. The van der Waals surface area contributed by atoms with Crippen molar-refractivity contribution < 1.29 is 9.13 Å². The number of hydrogen-bond acceptors (Lipinski definition) is 9. The van der Waals surface area contributed by atoms with E-state index in [9.17, 15) is 4.39 Å². The van der Waals surface area contributed by atoms with Crippen LogP contribution in [-0.4, -0.2) is 33.0 Å². The minimum atomic E-state index is -0.649. The Morgan fingerprint density at radius 3 is 2.90 bits per heavy atom. The van der Waals surface area contributed by atoms with Crippen molar-refractivity contribution in [1.29, 1.82) is 0 Å². The fraction of sp³-hybridized carbons (Fsp3) is 0.526. The molecule has 2 unspecified atom stereocenters. The molecule has 0 amide bonds. The summed E-state index contributed by atoms with van der Waals surface area (Å²) in [6.45, 7) is 6.89. The molecule has 0 radical (unpaired) electrons. The van der Waals surface area contributed by atoms with Crippen LogP contribution in [0.1, 0.15) is 30.3 Å². The van der Waals surface area contributed by atoms with Crippen molar-refractivity contribution in [2.45, 2.75) is 33.7 Å². The summed E-state index contributed by atoms with van der Waals surface area (Å²) in [6, 6.07) is 0. The highest BCUT2D eigenvalue weighted by Crippen LogP contribution is 2.48. The minimum absolute atomic E-state index is 0.00139. The topological polar surface area (TPSA) is 111 Å². The Kier molecular flexibility index (Phi) is 5.44. The highest BCUT2D eigenvalue weighted by atomic mass is 32.1. The summed E-state index contributed by atoms with van der Waals surface area (Å²) in [4.78, 5) is 12.2. The van der Waals surface area contributed by atoms with E-state index in [4.69, 9.17) is 10.5 Å². The van der Waals surface area contributed by atoms with Gasteiger partial charge in [0.15, 0.2) is 5.82 Å². The Hall–Kier alpha value is -2.62. The van der Waals surface area contributed by atoms with E-state index < -0.39 is 5.82 Å². The number of rotatable bonds is 7. The highest BCUT2D eigenvalue weighted by molar-refractivity contribution is 7.11. The maximum atomic E-state index is 14.8. The van der Waals surface area contributed by atoms with Crippen LogP contribution in [0.4, 0.5) is 16.2 Å². The van der Waals surface area contributed by atoms with Gasteiger partial charge in [0.1, 0.15) is 10.0 Å². The molecule has 2 aliphatic rings. The Morgan fingerprint density at radius 1 is 1.31 bits per heavy atom. The summed E-state index contributed by atoms with van der Waals surface area (Å²) in [7, 11) is 0. The molecule has 154 valence electrons. The van der Waals surface area contributed by atoms with E-state index in [1.54, 1.807) is 0 Å². The molecule has 0 spiro atoms. The van der Waals surface area contributed by atoms with Crippen LogP contribution in [0.25, 0.3) is 0 Å². The van der Waals surface area contributed by atoms with Gasteiger partial charge in [-0.3, -0.25) is 4.99 Å². The molecule has 10 heteroatoms. The van der Waals surface area contributed by atoms with Gasteiger partial charge in [-0.05, 0) is 38.0 Å². The number of nitrogens with zero attached hydrogens (tertiary/aromatic N) is 5. The van der Waals surface area contributed by atoms with E-state index >= 15 is 0 Å². The summed E-state index contributed by atoms with van der Waals surface area (Å²) in [6.07, 6.45) is 4.99. The summed E-state index contributed by atoms with van der Waals surface area (Å²) in [5, 5.41) is 12.4. The monoisotopic (exact) mass is 417 g/mol. The number of aromatic nitrogens is 4. The minimum Gasteiger partial charge on any atom is -0.475 e. The lowest BCUT2D eigenvalue weighted by molar-refractivity contribution is 0.259. The van der Waals surface area contributed by atoms with Gasteiger partial charge >= 0.3 is 0 Å². The molecule has 1 aliphatic carbocycles. The lowest BCUT2D eigenvalue weighted by Crippen LogP contribution is -2.21. The zero-order valence-corrected chi connectivity index (χ0v) is 17.4. The number of hydrogen-bond donors (Lipinski definition) is 2. The van der Waals surface area contributed by atoms with Gasteiger partial charge < -0.3 is 15.8 Å². The van der Waals surface area contributed by atoms with Crippen molar-refractivity contribution in [3.05, 3.63) is 27.6 Å². The molecule has 3 heterocycles. The van der Waals surface area contributed by atoms with Crippen LogP contribution in [0.2, 0.25) is 0 Å². The van der Waals surface area contributed by atoms with Gasteiger partial charge in [0, 0.05) is 18.3 Å². The first kappa shape index (κ1) is 19.7. The lowest BCUT2D eigenvalue weighted by atomic mass is 9.84. The lowest BCUT2D eigenvalue weighted by Gasteiger charge is -2.24. The van der Waals surface area contributed by atoms with Crippen LogP contribution in [0.5, 0.6) is 5.88 Å². The van der Waals surface area contributed by atoms with E-state index in [0.717, 1.165) is 16.4 Å². The van der Waals surface area contributed by atoms with Crippen molar-refractivity contribution in [1.82, 2.24) is 20.2 Å². The fourth-order valence-electron chi connectivity index (χ4n) is 3.64. The standard InChI is InChI=1S/C19H24FN7OS/c1-9-5-22-6-14(10(9)2)13-4-12(13)8-28-18-16(20)17(24-19(21)25-18)23-7-15-27-26-11(3)29-15/h5-6,10,12-14H,4,7-8H2,1-3H3,(H3,21,23,24,25)/t10?,12-,13+,14?/m1/s1. The smallest absolute Gasteiger partial charge is 0.257 e. The molecule has 2 aromatic rings. The molecule has 3 N–H and O–H groups in total. The predicted octanol–water partition coefficient (Wildman–Crippen LogP) is 3.23. The van der Waals surface area contributed by atoms with Crippen molar-refractivity contribution in [2.24, 2.45) is 28.7 Å². The average Bonchev–Trinajstić information content (AvgIpc) is 3.34. The Balaban J connectivity index is 1.36. The SMILES string of the molecule is CC1=CN=CC([C@H]2C[C@@H]2COc2nc(N)nc(NCc3nnc(C)s3)c2F)C1C. The van der Waals surface area contributed by atoms with Gasteiger partial charge in [0.05, 0.1) is 13.2 Å². The molecule has 1 aliphatic heterocycles. The highest BCUT2D eigenvalue weighted by Gasteiger charge is 2.45. The Morgan fingerprint density at radius 2 is 2.14 bits per heavy atom. The number of nitrogens with two attached hydrogens (primary N) is 1. The van der Waals surface area contributed by atoms with Gasteiger partial charge in [-0.2, -0.15) is 14.4 Å².